The second-order valence-corrected chi connectivity index (χ2v) is 2.22. The van der Waals surface area contributed by atoms with E-state index >= 15 is 0 Å². The molecule has 0 fully saturated rings. The van der Waals surface area contributed by atoms with E-state index in [0.717, 1.165) is 0 Å². The number of likely N-dealkylation sites (N-methyl/N-ethyl adjacent to an activating group) is 1. The molecule has 82 valence electrons. The van der Waals surface area contributed by atoms with E-state index in [2.05, 4.69) is 4.74 Å². The van der Waals surface area contributed by atoms with Crippen LogP contribution in [-0.4, -0.2) is 49.9 Å². The predicted molar refractivity (Wildman–Crippen MR) is 48.1 cm³/mol. The maximum absolute atomic E-state index is 11.2. The highest BCUT2D eigenvalue weighted by Crippen LogP contribution is 2.04. The summed E-state index contributed by atoms with van der Waals surface area (Å²) in [6, 6.07) is 0. The van der Waals surface area contributed by atoms with Crippen molar-refractivity contribution in [2.75, 3.05) is 27.4 Å². The van der Waals surface area contributed by atoms with E-state index in [9.17, 15) is 14.7 Å². The van der Waals surface area contributed by atoms with Crippen LogP contribution < -0.4 is 5.11 Å². The SMILES string of the molecule is [2H]C([2H])(C(=O)[O-])[C@@H](OC(C)=O)C([2H])([2H])[N+](C([2H])([2H])[2H])(C([2H])([2H])[2H])C([2H])([2H])[2H]. The first-order valence-electron chi connectivity index (χ1n) is 9.77. The predicted octanol–water partition coefficient (Wildman–Crippen LogP) is -1.24. The monoisotopic (exact) mass is 216 g/mol. The van der Waals surface area contributed by atoms with Crippen LogP contribution in [0.1, 0.15) is 31.1 Å². The summed E-state index contributed by atoms with van der Waals surface area (Å²) in [6.45, 7) is -16.3. The fourth-order valence-corrected chi connectivity index (χ4v) is 0.537. The number of carboxylic acid groups (broad SMARTS) is 1. The van der Waals surface area contributed by atoms with Gasteiger partial charge >= 0.3 is 5.97 Å². The number of nitrogens with zero attached hydrogens (tertiary/aromatic N) is 1. The van der Waals surface area contributed by atoms with Gasteiger partial charge in [-0.15, -0.1) is 0 Å². The molecule has 0 heterocycles. The number of aliphatic carboxylic acids is 1. The molecule has 0 aliphatic rings. The number of esters is 1. The number of carbonyl (C=O) groups is 2. The van der Waals surface area contributed by atoms with Crippen molar-refractivity contribution in [3.8, 4) is 0 Å². The van der Waals surface area contributed by atoms with E-state index in [4.69, 9.17) is 17.8 Å². The maximum atomic E-state index is 11.2. The third kappa shape index (κ3) is 7.54. The molecule has 5 nitrogen and oxygen atoms in total. The maximum Gasteiger partial charge on any atom is 0.303 e. The van der Waals surface area contributed by atoms with Crippen LogP contribution >= 0.6 is 0 Å². The Balaban J connectivity index is 7.30. The summed E-state index contributed by atoms with van der Waals surface area (Å²) in [6.07, 6.45) is -7.28. The van der Waals surface area contributed by atoms with E-state index in [-0.39, 0.29) is 0 Å². The largest absolute Gasteiger partial charge is 0.550 e. The van der Waals surface area contributed by atoms with Gasteiger partial charge in [-0.2, -0.15) is 0 Å². The Morgan fingerprint density at radius 1 is 1.57 bits per heavy atom. The standard InChI is InChI=1S/C9H17NO4/c1-7(11)14-8(5-9(12)13)6-10(2,3)4/h8H,5-6H2,1-4H3/t8-/m1/s1/i2D3,3D3,4D3,5D2,6D2. The van der Waals surface area contributed by atoms with Crippen molar-refractivity contribution in [3.63, 3.8) is 0 Å². The van der Waals surface area contributed by atoms with Crippen LogP contribution in [0.25, 0.3) is 0 Å². The molecule has 0 saturated carbocycles. The van der Waals surface area contributed by atoms with Crippen LogP contribution in [0.15, 0.2) is 0 Å². The summed E-state index contributed by atoms with van der Waals surface area (Å²) < 4.78 is 98.3. The van der Waals surface area contributed by atoms with Gasteiger partial charge in [-0.1, -0.05) is 0 Å². The van der Waals surface area contributed by atoms with Gasteiger partial charge in [0.1, 0.15) is 6.50 Å². The lowest BCUT2D eigenvalue weighted by molar-refractivity contribution is -0.873. The summed E-state index contributed by atoms with van der Waals surface area (Å²) in [5.74, 6) is -4.20. The molecule has 0 spiro atoms. The molecule has 0 radical (unpaired) electrons. The first-order chi connectivity index (χ1) is 11.5. The van der Waals surface area contributed by atoms with Crippen molar-refractivity contribution in [1.29, 1.82) is 0 Å². The average Bonchev–Trinajstić information content (AvgIpc) is 2.29. The van der Waals surface area contributed by atoms with Crippen molar-refractivity contribution in [3.05, 3.63) is 0 Å². The molecular formula is C9H17NO4. The van der Waals surface area contributed by atoms with Gasteiger partial charge in [-0.05, 0) is 0 Å². The van der Waals surface area contributed by atoms with Gasteiger partial charge in [0.15, 0.2) is 6.10 Å². The number of rotatable bonds is 5. The third-order valence-corrected chi connectivity index (χ3v) is 0.844. The smallest absolute Gasteiger partial charge is 0.303 e. The minimum absolute atomic E-state index is 0.573. The van der Waals surface area contributed by atoms with Gasteiger partial charge in [0, 0.05) is 22.0 Å². The van der Waals surface area contributed by atoms with Crippen LogP contribution in [-0.2, 0) is 14.3 Å². The van der Waals surface area contributed by atoms with Gasteiger partial charge in [-0.25, -0.2) is 0 Å². The molecule has 1 atom stereocenters. The Morgan fingerprint density at radius 3 is 2.50 bits per heavy atom. The Bertz CT molecular complexity index is 554. The molecule has 0 aliphatic heterocycles. The molecule has 0 aromatic carbocycles. The third-order valence-electron chi connectivity index (χ3n) is 0.844. The molecule has 0 N–H and O–H groups in total. The molecule has 0 aliphatic carbocycles. The number of carbonyl (C=O) groups excluding carboxylic acids is 2. The summed E-state index contributed by atoms with van der Waals surface area (Å²) in [5, 5.41) is 11.1. The lowest BCUT2D eigenvalue weighted by Gasteiger charge is -2.28. The summed E-state index contributed by atoms with van der Waals surface area (Å²) in [7, 11) is 0. The number of hydrogen-bond donors (Lipinski definition) is 0. The normalized spacial score (nSPS) is 31.9. The van der Waals surface area contributed by atoms with Gasteiger partial charge in [0.25, 0.3) is 0 Å². The summed E-state index contributed by atoms with van der Waals surface area (Å²) in [4.78, 5) is 22.3. The minimum atomic E-state index is -4.31. The lowest BCUT2D eigenvalue weighted by Crippen LogP contribution is -2.45. The quantitative estimate of drug-likeness (QED) is 0.426. The van der Waals surface area contributed by atoms with Crippen LogP contribution in [0.4, 0.5) is 0 Å². The number of hydrogen-bond acceptors (Lipinski definition) is 4. The highest BCUT2D eigenvalue weighted by Gasteiger charge is 2.20. The zero-order chi connectivity index (χ0) is 22.4. The highest BCUT2D eigenvalue weighted by molar-refractivity contribution is 5.68. The van der Waals surface area contributed by atoms with E-state index in [1.54, 1.807) is 0 Å². The molecule has 0 saturated heterocycles. The summed E-state index contributed by atoms with van der Waals surface area (Å²) in [5.41, 5.74) is 0. The van der Waals surface area contributed by atoms with E-state index in [1.165, 1.54) is 0 Å². The second kappa shape index (κ2) is 4.95. The van der Waals surface area contributed by atoms with Crippen molar-refractivity contribution in [2.45, 2.75) is 19.4 Å². The Labute approximate surface area is 102 Å². The molecule has 0 rings (SSSR count). The highest BCUT2D eigenvalue weighted by atomic mass is 16.5. The first-order valence-corrected chi connectivity index (χ1v) is 3.27. The second-order valence-electron chi connectivity index (χ2n) is 2.22. The lowest BCUT2D eigenvalue weighted by atomic mass is 10.2. The fraction of sp³-hybridized carbons (Fsp3) is 0.778. The molecule has 0 aromatic heterocycles. The van der Waals surface area contributed by atoms with E-state index < -0.39 is 56.3 Å². The van der Waals surface area contributed by atoms with Crippen LogP contribution in [0.3, 0.4) is 0 Å². The van der Waals surface area contributed by atoms with Gasteiger partial charge in [0.2, 0.25) is 0 Å². The van der Waals surface area contributed by atoms with Gasteiger partial charge in [0.05, 0.1) is 36.0 Å². The number of carboxylic acids is 1. The van der Waals surface area contributed by atoms with Crippen molar-refractivity contribution >= 4 is 11.9 Å². The topological polar surface area (TPSA) is 66.4 Å². The van der Waals surface area contributed by atoms with Crippen molar-refractivity contribution in [2.24, 2.45) is 0 Å². The van der Waals surface area contributed by atoms with Crippen molar-refractivity contribution < 1.29 is 41.7 Å². The average molecular weight is 216 g/mol. The molecule has 0 aromatic rings. The van der Waals surface area contributed by atoms with E-state index in [0.29, 0.717) is 6.92 Å². The number of quaternary nitrogens is 1. The summed E-state index contributed by atoms with van der Waals surface area (Å²) >= 11 is 0. The number of ether oxygens (including phenoxy) is 1. The first kappa shape index (κ1) is 2.95. The van der Waals surface area contributed by atoms with Gasteiger partial charge in [-0.3, -0.25) is 4.79 Å². The van der Waals surface area contributed by atoms with Crippen molar-refractivity contribution in [1.82, 2.24) is 0 Å². The molecule has 14 heavy (non-hydrogen) atoms. The minimum Gasteiger partial charge on any atom is -0.550 e. The molecule has 5 heteroatoms. The zero-order valence-corrected chi connectivity index (χ0v) is 7.16. The van der Waals surface area contributed by atoms with Crippen LogP contribution in [0.5, 0.6) is 0 Å². The molecular weight excluding hydrogens is 186 g/mol. The zero-order valence-electron chi connectivity index (χ0n) is 20.2. The van der Waals surface area contributed by atoms with Crippen LogP contribution in [0.2, 0.25) is 0 Å². The van der Waals surface area contributed by atoms with Crippen LogP contribution in [0, 0.1) is 0 Å². The molecule has 0 bridgehead atoms. The van der Waals surface area contributed by atoms with Gasteiger partial charge < -0.3 is 19.1 Å². The Hall–Kier alpha value is -1.10. The fourth-order valence-electron chi connectivity index (χ4n) is 0.537. The molecule has 0 amide bonds. The van der Waals surface area contributed by atoms with E-state index in [1.807, 2.05) is 0 Å². The Kier molecular flexibility index (Phi) is 1.04. The molecule has 0 unspecified atom stereocenters. The Morgan fingerprint density at radius 2 is 2.14 bits per heavy atom.